The normalized spacial score (nSPS) is 22.1. The summed E-state index contributed by atoms with van der Waals surface area (Å²) in [4.78, 5) is 0.205. The van der Waals surface area contributed by atoms with E-state index in [0.29, 0.717) is 36.3 Å². The molecule has 0 radical (unpaired) electrons. The number of halogens is 1. The van der Waals surface area contributed by atoms with Crippen LogP contribution in [0.15, 0.2) is 33.8 Å². The molecule has 1 aliphatic heterocycles. The lowest BCUT2D eigenvalue weighted by Gasteiger charge is -2.28. The van der Waals surface area contributed by atoms with Crippen LogP contribution in [0.1, 0.15) is 58.1 Å². The Morgan fingerprint density at radius 1 is 1.23 bits per heavy atom. The number of nitrogens with zero attached hydrogens (tertiary/aromatic N) is 4. The van der Waals surface area contributed by atoms with Gasteiger partial charge in [-0.25, -0.2) is 8.42 Å². The van der Waals surface area contributed by atoms with Crippen LogP contribution in [0, 0.1) is 11.8 Å². The number of hydrogen-bond acceptors (Lipinski definition) is 5. The van der Waals surface area contributed by atoms with Gasteiger partial charge in [-0.15, -0.1) is 5.10 Å². The van der Waals surface area contributed by atoms with Crippen molar-refractivity contribution in [1.29, 1.82) is 0 Å². The largest absolute Gasteiger partial charge is 0.490 e. The number of sulfonamides is 1. The van der Waals surface area contributed by atoms with E-state index in [1.807, 2.05) is 10.9 Å². The fraction of sp³-hybridized carbons (Fsp3) is 0.636. The van der Waals surface area contributed by atoms with Crippen LogP contribution in [0.3, 0.4) is 0 Å². The molecule has 1 aromatic carbocycles. The van der Waals surface area contributed by atoms with E-state index in [2.05, 4.69) is 40.1 Å². The van der Waals surface area contributed by atoms with Gasteiger partial charge in [0.15, 0.2) is 0 Å². The van der Waals surface area contributed by atoms with Crippen LogP contribution in [0.4, 0.5) is 0 Å². The Kier molecular flexibility index (Phi) is 7.03. The lowest BCUT2D eigenvalue weighted by molar-refractivity contribution is 0.186. The van der Waals surface area contributed by atoms with Crippen molar-refractivity contribution in [2.75, 3.05) is 6.61 Å². The van der Waals surface area contributed by atoms with Crippen molar-refractivity contribution in [2.45, 2.75) is 76.4 Å². The maximum Gasteiger partial charge on any atom is 0.247 e. The molecule has 0 spiro atoms. The third kappa shape index (κ3) is 5.31. The van der Waals surface area contributed by atoms with Gasteiger partial charge in [-0.2, -0.15) is 4.31 Å². The van der Waals surface area contributed by atoms with E-state index in [0.717, 1.165) is 11.0 Å². The summed E-state index contributed by atoms with van der Waals surface area (Å²) in [6, 6.07) is 4.81. The summed E-state index contributed by atoms with van der Waals surface area (Å²) in [5.74, 6) is 1.37. The van der Waals surface area contributed by atoms with Crippen molar-refractivity contribution >= 4 is 26.0 Å². The molecule has 0 amide bonds. The minimum atomic E-state index is -3.74. The zero-order valence-electron chi connectivity index (χ0n) is 18.2. The van der Waals surface area contributed by atoms with Gasteiger partial charge in [0.25, 0.3) is 0 Å². The van der Waals surface area contributed by atoms with Gasteiger partial charge in [-0.3, -0.25) is 4.68 Å². The van der Waals surface area contributed by atoms with Crippen LogP contribution < -0.4 is 4.74 Å². The monoisotopic (exact) mass is 510 g/mol. The highest BCUT2D eigenvalue weighted by molar-refractivity contribution is 9.10. The molecule has 9 heteroatoms. The maximum absolute atomic E-state index is 13.6. The molecule has 2 aromatic rings. The Bertz CT molecular complexity index is 1000. The number of aromatic nitrogens is 3. The van der Waals surface area contributed by atoms with Gasteiger partial charge >= 0.3 is 0 Å². The summed E-state index contributed by atoms with van der Waals surface area (Å²) in [6.45, 7) is 5.56. The van der Waals surface area contributed by atoms with Crippen molar-refractivity contribution in [3.8, 4) is 5.75 Å². The standard InChI is InChI=1S/C22H31BrN4O3S/c1-16(2)10-20-15-30-21-11-18(23)8-9-22(21)31(28,29)27(20)14-19-13-26(25-24-19)12-17-6-4-3-5-7-17/h8-9,11,13,16-17,20H,3-7,10,12,14-15H2,1-2H3/t20-/m0/s1. The van der Waals surface area contributed by atoms with E-state index in [1.54, 1.807) is 22.5 Å². The van der Waals surface area contributed by atoms with Crippen LogP contribution in [0.2, 0.25) is 0 Å². The van der Waals surface area contributed by atoms with Gasteiger partial charge in [0.05, 0.1) is 18.3 Å². The third-order valence-corrected chi connectivity index (χ3v) is 8.58. The smallest absolute Gasteiger partial charge is 0.247 e. The summed E-state index contributed by atoms with van der Waals surface area (Å²) in [5.41, 5.74) is 0.675. The molecule has 1 fully saturated rings. The quantitative estimate of drug-likeness (QED) is 0.566. The first-order valence-corrected chi connectivity index (χ1v) is 13.4. The molecule has 1 aromatic heterocycles. The van der Waals surface area contributed by atoms with Crippen LogP contribution in [-0.2, 0) is 23.1 Å². The fourth-order valence-electron chi connectivity index (χ4n) is 4.64. The molecule has 4 rings (SSSR count). The topological polar surface area (TPSA) is 77.3 Å². The Hall–Kier alpha value is -1.45. The highest BCUT2D eigenvalue weighted by atomic mass is 79.9. The molecule has 1 saturated carbocycles. The summed E-state index contributed by atoms with van der Waals surface area (Å²) in [7, 11) is -3.74. The number of hydrogen-bond donors (Lipinski definition) is 0. The maximum atomic E-state index is 13.6. The molecule has 0 N–H and O–H groups in total. The molecular weight excluding hydrogens is 480 g/mol. The lowest BCUT2D eigenvalue weighted by Crippen LogP contribution is -2.42. The highest BCUT2D eigenvalue weighted by Gasteiger charge is 2.38. The van der Waals surface area contributed by atoms with Crippen molar-refractivity contribution < 1.29 is 13.2 Å². The Morgan fingerprint density at radius 2 is 2.00 bits per heavy atom. The molecular formula is C22H31BrN4O3S. The second kappa shape index (κ2) is 9.58. The van der Waals surface area contributed by atoms with Crippen LogP contribution in [0.25, 0.3) is 0 Å². The van der Waals surface area contributed by atoms with E-state index in [4.69, 9.17) is 4.74 Å². The van der Waals surface area contributed by atoms with Crippen molar-refractivity contribution in [1.82, 2.24) is 19.3 Å². The van der Waals surface area contributed by atoms with Gasteiger partial charge in [-0.05, 0) is 49.3 Å². The average Bonchev–Trinajstić information content (AvgIpc) is 3.13. The molecule has 0 saturated heterocycles. The molecule has 0 unspecified atom stereocenters. The second-order valence-corrected chi connectivity index (χ2v) is 11.9. The zero-order valence-corrected chi connectivity index (χ0v) is 20.6. The lowest BCUT2D eigenvalue weighted by atomic mass is 9.89. The van der Waals surface area contributed by atoms with Crippen molar-refractivity contribution in [2.24, 2.45) is 11.8 Å². The van der Waals surface area contributed by atoms with Crippen molar-refractivity contribution in [3.63, 3.8) is 0 Å². The van der Waals surface area contributed by atoms with E-state index in [1.165, 1.54) is 32.1 Å². The number of benzene rings is 1. The van der Waals surface area contributed by atoms with Gasteiger partial charge in [0.2, 0.25) is 10.0 Å². The summed E-state index contributed by atoms with van der Waals surface area (Å²) in [5, 5.41) is 8.61. The molecule has 1 atom stereocenters. The minimum Gasteiger partial charge on any atom is -0.490 e. The molecule has 2 heterocycles. The Labute approximate surface area is 193 Å². The van der Waals surface area contributed by atoms with E-state index < -0.39 is 10.0 Å². The van der Waals surface area contributed by atoms with E-state index >= 15 is 0 Å². The number of fused-ring (bicyclic) bond motifs is 1. The molecule has 31 heavy (non-hydrogen) atoms. The molecule has 2 aliphatic rings. The summed E-state index contributed by atoms with van der Waals surface area (Å²) < 4.78 is 37.5. The predicted octanol–water partition coefficient (Wildman–Crippen LogP) is 4.62. The van der Waals surface area contributed by atoms with Gasteiger partial charge in [0, 0.05) is 17.2 Å². The van der Waals surface area contributed by atoms with E-state index in [-0.39, 0.29) is 17.5 Å². The second-order valence-electron chi connectivity index (χ2n) is 9.17. The summed E-state index contributed by atoms with van der Waals surface area (Å²) >= 11 is 3.41. The molecule has 1 aliphatic carbocycles. The molecule has 7 nitrogen and oxygen atoms in total. The number of ether oxygens (including phenoxy) is 1. The fourth-order valence-corrected chi connectivity index (χ4v) is 6.68. The van der Waals surface area contributed by atoms with Crippen LogP contribution in [-0.4, -0.2) is 40.4 Å². The van der Waals surface area contributed by atoms with Gasteiger partial charge < -0.3 is 4.74 Å². The molecule has 170 valence electrons. The zero-order chi connectivity index (χ0) is 22.0. The first-order valence-electron chi connectivity index (χ1n) is 11.2. The van der Waals surface area contributed by atoms with Gasteiger partial charge in [-0.1, -0.05) is 54.3 Å². The number of rotatable bonds is 6. The minimum absolute atomic E-state index is 0.198. The third-order valence-electron chi connectivity index (χ3n) is 6.15. The van der Waals surface area contributed by atoms with Crippen LogP contribution in [0.5, 0.6) is 5.75 Å². The summed E-state index contributed by atoms with van der Waals surface area (Å²) in [6.07, 6.45) is 8.97. The average molecular weight is 511 g/mol. The molecule has 0 bridgehead atoms. The van der Waals surface area contributed by atoms with Crippen LogP contribution >= 0.6 is 15.9 Å². The Morgan fingerprint density at radius 3 is 2.74 bits per heavy atom. The first-order chi connectivity index (χ1) is 14.8. The first kappa shape index (κ1) is 22.7. The van der Waals surface area contributed by atoms with Crippen molar-refractivity contribution in [3.05, 3.63) is 34.6 Å². The predicted molar refractivity (Wildman–Crippen MR) is 122 cm³/mol. The van der Waals surface area contributed by atoms with Gasteiger partial charge in [0.1, 0.15) is 17.3 Å². The highest BCUT2D eigenvalue weighted by Crippen LogP contribution is 2.35. The SMILES string of the molecule is CC(C)C[C@H]1COc2cc(Br)ccc2S(=O)(=O)N1Cc1cn(CC2CCCCC2)nn1. The van der Waals surface area contributed by atoms with E-state index in [9.17, 15) is 8.42 Å². The Balaban J connectivity index is 1.59.